The summed E-state index contributed by atoms with van der Waals surface area (Å²) in [6, 6.07) is 11.3. The molecule has 6 heteroatoms. The van der Waals surface area contributed by atoms with Gasteiger partial charge in [-0.05, 0) is 38.5 Å². The Morgan fingerprint density at radius 3 is 2.87 bits per heavy atom. The number of likely N-dealkylation sites (tertiary alicyclic amines) is 1. The maximum atomic E-state index is 5.56. The Morgan fingerprint density at radius 2 is 2.09 bits per heavy atom. The van der Waals surface area contributed by atoms with E-state index < -0.39 is 0 Å². The van der Waals surface area contributed by atoms with Crippen LogP contribution in [-0.4, -0.2) is 60.3 Å². The van der Waals surface area contributed by atoms with E-state index in [4.69, 9.17) is 4.42 Å². The molecule has 124 valence electrons. The molecule has 1 aliphatic rings. The van der Waals surface area contributed by atoms with Gasteiger partial charge in [0.25, 0.3) is 0 Å². The maximum Gasteiger partial charge on any atom is 0.315 e. The van der Waals surface area contributed by atoms with Crippen LogP contribution in [0, 0.1) is 0 Å². The molecule has 2 aromatic rings. The summed E-state index contributed by atoms with van der Waals surface area (Å²) >= 11 is 0. The van der Waals surface area contributed by atoms with Crippen molar-refractivity contribution in [2.45, 2.75) is 18.9 Å². The molecule has 3 rings (SSSR count). The molecule has 2 heterocycles. The van der Waals surface area contributed by atoms with Gasteiger partial charge in [-0.15, -0.1) is 5.10 Å². The number of anilines is 1. The van der Waals surface area contributed by atoms with Gasteiger partial charge >= 0.3 is 6.01 Å². The zero-order valence-corrected chi connectivity index (χ0v) is 13.9. The lowest BCUT2D eigenvalue weighted by Crippen LogP contribution is -2.26. The van der Waals surface area contributed by atoms with E-state index >= 15 is 0 Å². The number of nitrogens with zero attached hydrogens (tertiary/aromatic N) is 4. The maximum absolute atomic E-state index is 5.56. The lowest BCUT2D eigenvalue weighted by atomic mass is 9.99. The first-order valence-electron chi connectivity index (χ1n) is 8.19. The van der Waals surface area contributed by atoms with Crippen LogP contribution in [0.15, 0.2) is 34.7 Å². The Bertz CT molecular complexity index is 598. The number of hydrogen-bond donors (Lipinski definition) is 1. The summed E-state index contributed by atoms with van der Waals surface area (Å²) in [4.78, 5) is 4.49. The molecule has 1 atom stereocenters. The molecule has 0 radical (unpaired) electrons. The van der Waals surface area contributed by atoms with E-state index in [-0.39, 0.29) is 0 Å². The second-order valence-corrected chi connectivity index (χ2v) is 6.36. The first-order valence-corrected chi connectivity index (χ1v) is 8.19. The highest BCUT2D eigenvalue weighted by Crippen LogP contribution is 2.26. The second-order valence-electron chi connectivity index (χ2n) is 6.36. The van der Waals surface area contributed by atoms with Crippen LogP contribution < -0.4 is 5.32 Å². The molecule has 1 aliphatic heterocycles. The average Bonchev–Trinajstić information content (AvgIpc) is 3.18. The minimum atomic E-state index is 0.514. The molecule has 1 aromatic heterocycles. The predicted molar refractivity (Wildman–Crippen MR) is 90.4 cm³/mol. The molecule has 6 nitrogen and oxygen atoms in total. The van der Waals surface area contributed by atoms with E-state index in [1.165, 1.54) is 12.0 Å². The van der Waals surface area contributed by atoms with Gasteiger partial charge in [-0.3, -0.25) is 0 Å². The fourth-order valence-electron chi connectivity index (χ4n) is 3.01. The molecule has 0 saturated carbocycles. The van der Waals surface area contributed by atoms with Gasteiger partial charge in [0.15, 0.2) is 0 Å². The van der Waals surface area contributed by atoms with Crippen LogP contribution >= 0.6 is 0 Å². The van der Waals surface area contributed by atoms with Gasteiger partial charge < -0.3 is 19.5 Å². The third-order valence-corrected chi connectivity index (χ3v) is 4.17. The summed E-state index contributed by atoms with van der Waals surface area (Å²) in [6.45, 7) is 4.76. The first kappa shape index (κ1) is 16.0. The molecule has 1 aromatic carbocycles. The smallest absolute Gasteiger partial charge is 0.315 e. The van der Waals surface area contributed by atoms with Gasteiger partial charge in [0.05, 0.1) is 6.54 Å². The molecule has 1 unspecified atom stereocenters. The van der Waals surface area contributed by atoms with Gasteiger partial charge in [-0.2, -0.15) is 0 Å². The van der Waals surface area contributed by atoms with Gasteiger partial charge in [0.2, 0.25) is 5.89 Å². The molecule has 0 aliphatic carbocycles. The van der Waals surface area contributed by atoms with Crippen LogP contribution in [0.4, 0.5) is 6.01 Å². The van der Waals surface area contributed by atoms with Crippen molar-refractivity contribution in [1.82, 2.24) is 20.0 Å². The summed E-state index contributed by atoms with van der Waals surface area (Å²) in [5.74, 6) is 1.30. The monoisotopic (exact) mass is 315 g/mol. The Balaban J connectivity index is 1.41. The minimum absolute atomic E-state index is 0.514. The fraction of sp³-hybridized carbons (Fsp3) is 0.529. The Morgan fingerprint density at radius 1 is 1.26 bits per heavy atom. The summed E-state index contributed by atoms with van der Waals surface area (Å²) in [5.41, 5.74) is 1.45. The van der Waals surface area contributed by atoms with Crippen LogP contribution in [0.25, 0.3) is 0 Å². The number of rotatable bonds is 7. The average molecular weight is 315 g/mol. The minimum Gasteiger partial charge on any atom is -0.407 e. The third-order valence-electron chi connectivity index (χ3n) is 4.17. The zero-order valence-electron chi connectivity index (χ0n) is 13.9. The van der Waals surface area contributed by atoms with Crippen LogP contribution in [0.1, 0.15) is 23.8 Å². The van der Waals surface area contributed by atoms with Crippen molar-refractivity contribution in [2.24, 2.45) is 0 Å². The molecule has 1 N–H and O–H groups in total. The molecular weight excluding hydrogens is 290 g/mol. The third kappa shape index (κ3) is 4.53. The SMILES string of the molecule is CN(C)Cc1nnc(NCCN2CCC(c3ccccc3)C2)o1. The summed E-state index contributed by atoms with van der Waals surface area (Å²) in [5, 5.41) is 11.3. The van der Waals surface area contributed by atoms with Crippen molar-refractivity contribution in [3.63, 3.8) is 0 Å². The molecule has 0 bridgehead atoms. The van der Waals surface area contributed by atoms with E-state index in [0.29, 0.717) is 24.4 Å². The van der Waals surface area contributed by atoms with Crippen molar-refractivity contribution in [2.75, 3.05) is 45.6 Å². The molecule has 0 amide bonds. The highest BCUT2D eigenvalue weighted by atomic mass is 16.4. The van der Waals surface area contributed by atoms with Crippen LogP contribution in [0.3, 0.4) is 0 Å². The predicted octanol–water partition coefficient (Wildman–Crippen LogP) is 2.03. The number of aromatic nitrogens is 2. The van der Waals surface area contributed by atoms with Gasteiger partial charge in [0, 0.05) is 19.6 Å². The van der Waals surface area contributed by atoms with Gasteiger partial charge in [-0.1, -0.05) is 35.4 Å². The molecule has 1 saturated heterocycles. The fourth-order valence-corrected chi connectivity index (χ4v) is 3.01. The van der Waals surface area contributed by atoms with Gasteiger partial charge in [-0.25, -0.2) is 0 Å². The molecule has 0 spiro atoms. The second kappa shape index (κ2) is 7.57. The quantitative estimate of drug-likeness (QED) is 0.844. The topological polar surface area (TPSA) is 57.4 Å². The van der Waals surface area contributed by atoms with Crippen molar-refractivity contribution < 1.29 is 4.42 Å². The van der Waals surface area contributed by atoms with E-state index in [9.17, 15) is 0 Å². The van der Waals surface area contributed by atoms with Crippen LogP contribution in [-0.2, 0) is 6.54 Å². The summed E-state index contributed by atoms with van der Waals surface area (Å²) in [7, 11) is 3.96. The normalized spacial score (nSPS) is 18.7. The standard InChI is InChI=1S/C17H25N5O/c1-21(2)13-16-19-20-17(23-16)18-9-11-22-10-8-15(12-22)14-6-4-3-5-7-14/h3-7,15H,8-13H2,1-2H3,(H,18,20). The highest BCUT2D eigenvalue weighted by molar-refractivity contribution is 5.21. The Hall–Kier alpha value is -1.92. The number of nitrogens with one attached hydrogen (secondary N) is 1. The van der Waals surface area contributed by atoms with E-state index in [0.717, 1.165) is 26.2 Å². The Kier molecular flexibility index (Phi) is 5.25. The largest absolute Gasteiger partial charge is 0.407 e. The number of benzene rings is 1. The van der Waals surface area contributed by atoms with Crippen molar-refractivity contribution in [3.8, 4) is 0 Å². The summed E-state index contributed by atoms with van der Waals surface area (Å²) < 4.78 is 5.56. The zero-order chi connectivity index (χ0) is 16.1. The van der Waals surface area contributed by atoms with Crippen molar-refractivity contribution in [1.29, 1.82) is 0 Å². The highest BCUT2D eigenvalue weighted by Gasteiger charge is 2.23. The Labute approximate surface area is 137 Å². The molecular formula is C17H25N5O. The lowest BCUT2D eigenvalue weighted by Gasteiger charge is -2.16. The number of hydrogen-bond acceptors (Lipinski definition) is 6. The van der Waals surface area contributed by atoms with E-state index in [2.05, 4.69) is 50.7 Å². The van der Waals surface area contributed by atoms with Crippen molar-refractivity contribution in [3.05, 3.63) is 41.8 Å². The van der Waals surface area contributed by atoms with E-state index in [1.54, 1.807) is 0 Å². The van der Waals surface area contributed by atoms with E-state index in [1.807, 2.05) is 19.0 Å². The molecule has 1 fully saturated rings. The van der Waals surface area contributed by atoms with Crippen LogP contribution in [0.5, 0.6) is 0 Å². The van der Waals surface area contributed by atoms with Crippen LogP contribution in [0.2, 0.25) is 0 Å². The first-order chi connectivity index (χ1) is 11.2. The van der Waals surface area contributed by atoms with Gasteiger partial charge in [0.1, 0.15) is 0 Å². The molecule has 23 heavy (non-hydrogen) atoms. The lowest BCUT2D eigenvalue weighted by molar-refractivity contribution is 0.338. The summed E-state index contributed by atoms with van der Waals surface area (Å²) in [6.07, 6.45) is 1.23. The van der Waals surface area contributed by atoms with Crippen molar-refractivity contribution >= 4 is 6.01 Å².